The van der Waals surface area contributed by atoms with Crippen molar-refractivity contribution in [2.75, 3.05) is 32.6 Å². The Balaban J connectivity index is 1.40. The Morgan fingerprint density at radius 2 is 1.75 bits per heavy atom. The lowest BCUT2D eigenvalue weighted by Gasteiger charge is -2.40. The van der Waals surface area contributed by atoms with Crippen LogP contribution in [0.15, 0.2) is 30.9 Å². The number of rotatable bonds is 9. The zero-order valence-electron chi connectivity index (χ0n) is 20.2. The molecule has 4 rings (SSSR count). The van der Waals surface area contributed by atoms with Crippen molar-refractivity contribution in [2.24, 2.45) is 0 Å². The summed E-state index contributed by atoms with van der Waals surface area (Å²) in [6, 6.07) is 1.12. The highest BCUT2D eigenvalue weighted by atomic mass is 19.1. The summed E-state index contributed by atoms with van der Waals surface area (Å²) in [7, 11) is 2.53. The highest BCUT2D eigenvalue weighted by molar-refractivity contribution is 5.84. The summed E-state index contributed by atoms with van der Waals surface area (Å²) >= 11 is 0. The molecule has 13 heteroatoms. The van der Waals surface area contributed by atoms with Gasteiger partial charge in [-0.05, 0) is 13.8 Å². The molecule has 192 valence electrons. The van der Waals surface area contributed by atoms with E-state index in [-0.39, 0.29) is 34.7 Å². The molecule has 0 atom stereocenters. The van der Waals surface area contributed by atoms with Crippen LogP contribution in [-0.2, 0) is 16.9 Å². The van der Waals surface area contributed by atoms with Gasteiger partial charge in [-0.25, -0.2) is 18.7 Å². The van der Waals surface area contributed by atoms with Gasteiger partial charge in [0.05, 0.1) is 50.2 Å². The second-order valence-corrected chi connectivity index (χ2v) is 8.64. The molecule has 11 nitrogen and oxygen atoms in total. The quantitative estimate of drug-likeness (QED) is 0.451. The summed E-state index contributed by atoms with van der Waals surface area (Å²) in [6.07, 6.45) is 5.37. The van der Waals surface area contributed by atoms with Crippen LogP contribution in [0.1, 0.15) is 19.4 Å². The molecular weight excluding hydrogens is 478 g/mol. The molecule has 1 aliphatic heterocycles. The van der Waals surface area contributed by atoms with Crippen molar-refractivity contribution in [2.45, 2.75) is 32.1 Å². The standard InChI is InChI=1S/C23H26F2N6O5/c1-23(2,21(33)30-10-14(32)11-30)31-9-13(6-28-31)29-22-26-7-15(8-27-22)36-12-16-19(24)17(34-3)5-18(35-4)20(16)25/h5-9,14,32H,10-12H2,1-4H3,(H,26,27,29). The van der Waals surface area contributed by atoms with E-state index in [1.807, 2.05) is 0 Å². The van der Waals surface area contributed by atoms with Gasteiger partial charge in [-0.2, -0.15) is 5.10 Å². The van der Waals surface area contributed by atoms with E-state index in [9.17, 15) is 18.7 Å². The van der Waals surface area contributed by atoms with E-state index in [1.54, 1.807) is 24.9 Å². The normalized spacial score (nSPS) is 13.8. The number of carbonyl (C=O) groups is 1. The van der Waals surface area contributed by atoms with Crippen LogP contribution in [0, 0.1) is 11.6 Å². The number of halogens is 2. The van der Waals surface area contributed by atoms with Crippen molar-refractivity contribution in [3.63, 3.8) is 0 Å². The first-order valence-corrected chi connectivity index (χ1v) is 11.0. The third-order valence-corrected chi connectivity index (χ3v) is 5.76. The van der Waals surface area contributed by atoms with E-state index < -0.39 is 29.9 Å². The first-order chi connectivity index (χ1) is 17.1. The second kappa shape index (κ2) is 9.93. The molecule has 0 aliphatic carbocycles. The zero-order valence-corrected chi connectivity index (χ0v) is 20.2. The molecule has 1 aliphatic rings. The van der Waals surface area contributed by atoms with Crippen LogP contribution in [-0.4, -0.2) is 69.1 Å². The number of aliphatic hydroxyl groups excluding tert-OH is 1. The summed E-state index contributed by atoms with van der Waals surface area (Å²) in [5, 5.41) is 16.7. The smallest absolute Gasteiger partial charge is 0.250 e. The topological polar surface area (TPSA) is 124 Å². The van der Waals surface area contributed by atoms with Crippen LogP contribution in [0.5, 0.6) is 17.2 Å². The fourth-order valence-electron chi connectivity index (χ4n) is 3.60. The Morgan fingerprint density at radius 1 is 1.14 bits per heavy atom. The molecule has 1 saturated heterocycles. The summed E-state index contributed by atoms with van der Waals surface area (Å²) in [6.45, 7) is 3.65. The number of nitrogens with zero attached hydrogens (tertiary/aromatic N) is 5. The first-order valence-electron chi connectivity index (χ1n) is 11.0. The SMILES string of the molecule is COc1cc(OC)c(F)c(COc2cnc(Nc3cnn(C(C)(C)C(=O)N4CC(O)C4)c3)nc2)c1F. The number of hydrogen-bond donors (Lipinski definition) is 2. The van der Waals surface area contributed by atoms with Crippen LogP contribution in [0.25, 0.3) is 0 Å². The third-order valence-electron chi connectivity index (χ3n) is 5.76. The van der Waals surface area contributed by atoms with Gasteiger partial charge in [-0.1, -0.05) is 0 Å². The average molecular weight is 504 g/mol. The fourth-order valence-corrected chi connectivity index (χ4v) is 3.60. The Morgan fingerprint density at radius 3 is 2.31 bits per heavy atom. The van der Waals surface area contributed by atoms with Crippen molar-refractivity contribution < 1.29 is 32.9 Å². The van der Waals surface area contributed by atoms with E-state index in [4.69, 9.17) is 14.2 Å². The molecule has 0 unspecified atom stereocenters. The number of hydrogen-bond acceptors (Lipinski definition) is 9. The number of aliphatic hydroxyl groups is 1. The number of β-amino-alcohol motifs (C(OH)–C–C–N with tert-alkyl or cyclic N) is 1. The van der Waals surface area contributed by atoms with E-state index in [0.29, 0.717) is 18.8 Å². The predicted molar refractivity (Wildman–Crippen MR) is 123 cm³/mol. The van der Waals surface area contributed by atoms with Crippen molar-refractivity contribution in [1.82, 2.24) is 24.6 Å². The summed E-state index contributed by atoms with van der Waals surface area (Å²) < 4.78 is 45.8. The van der Waals surface area contributed by atoms with Crippen molar-refractivity contribution in [3.05, 3.63) is 48.1 Å². The first kappa shape index (κ1) is 25.1. The Hall–Kier alpha value is -4.00. The predicted octanol–water partition coefficient (Wildman–Crippen LogP) is 2.23. The molecule has 2 aromatic heterocycles. The van der Waals surface area contributed by atoms with E-state index >= 15 is 0 Å². The van der Waals surface area contributed by atoms with Crippen molar-refractivity contribution in [3.8, 4) is 17.2 Å². The molecule has 0 saturated carbocycles. The number of anilines is 2. The number of amides is 1. The summed E-state index contributed by atoms with van der Waals surface area (Å²) in [5.41, 5.74) is -0.766. The fraction of sp³-hybridized carbons (Fsp3) is 0.391. The highest BCUT2D eigenvalue weighted by Crippen LogP contribution is 2.32. The largest absolute Gasteiger partial charge is 0.494 e. The van der Waals surface area contributed by atoms with Gasteiger partial charge in [0.2, 0.25) is 11.9 Å². The van der Waals surface area contributed by atoms with Gasteiger partial charge in [0.25, 0.3) is 0 Å². The molecule has 0 bridgehead atoms. The average Bonchev–Trinajstić information content (AvgIpc) is 3.32. The van der Waals surface area contributed by atoms with Crippen molar-refractivity contribution >= 4 is 17.5 Å². The van der Waals surface area contributed by atoms with Crippen molar-refractivity contribution in [1.29, 1.82) is 0 Å². The number of nitrogens with one attached hydrogen (secondary N) is 1. The minimum atomic E-state index is -0.952. The lowest BCUT2D eigenvalue weighted by molar-refractivity contribution is -0.150. The van der Waals surface area contributed by atoms with Crippen LogP contribution in [0.2, 0.25) is 0 Å². The molecule has 3 heterocycles. The zero-order chi connectivity index (χ0) is 26.0. The maximum atomic E-state index is 14.5. The Bertz CT molecular complexity index is 1220. The molecule has 1 aromatic carbocycles. The monoisotopic (exact) mass is 504 g/mol. The lowest BCUT2D eigenvalue weighted by atomic mass is 10.0. The molecular formula is C23H26F2N6O5. The van der Waals surface area contributed by atoms with Gasteiger partial charge < -0.3 is 29.5 Å². The highest BCUT2D eigenvalue weighted by Gasteiger charge is 2.39. The Kier molecular flexibility index (Phi) is 6.93. The molecule has 1 fully saturated rings. The molecule has 0 spiro atoms. The van der Waals surface area contributed by atoms with E-state index in [0.717, 1.165) is 6.07 Å². The van der Waals surface area contributed by atoms with Gasteiger partial charge >= 0.3 is 0 Å². The molecule has 3 aromatic rings. The van der Waals surface area contributed by atoms with Gasteiger partial charge in [0.15, 0.2) is 28.9 Å². The van der Waals surface area contributed by atoms with Crippen LogP contribution in [0.3, 0.4) is 0 Å². The number of benzene rings is 1. The molecule has 0 radical (unpaired) electrons. The van der Waals surface area contributed by atoms with E-state index in [1.165, 1.54) is 37.5 Å². The maximum Gasteiger partial charge on any atom is 0.250 e. The number of carbonyl (C=O) groups excluding carboxylic acids is 1. The van der Waals surface area contributed by atoms with Crippen LogP contribution in [0.4, 0.5) is 20.4 Å². The van der Waals surface area contributed by atoms with Crippen LogP contribution >= 0.6 is 0 Å². The third kappa shape index (κ3) is 4.87. The van der Waals surface area contributed by atoms with Gasteiger partial charge in [-0.15, -0.1) is 0 Å². The molecule has 2 N–H and O–H groups in total. The minimum Gasteiger partial charge on any atom is -0.494 e. The second-order valence-electron chi connectivity index (χ2n) is 8.64. The van der Waals surface area contributed by atoms with Gasteiger partial charge in [0.1, 0.15) is 12.1 Å². The number of ether oxygens (including phenoxy) is 3. The Labute approximate surface area is 205 Å². The molecule has 1 amide bonds. The molecule has 36 heavy (non-hydrogen) atoms. The van der Waals surface area contributed by atoms with E-state index in [2.05, 4.69) is 20.4 Å². The van der Waals surface area contributed by atoms with Gasteiger partial charge in [-0.3, -0.25) is 9.48 Å². The summed E-state index contributed by atoms with van der Waals surface area (Å²) in [4.78, 5) is 22.6. The minimum absolute atomic E-state index is 0.151. The summed E-state index contributed by atoms with van der Waals surface area (Å²) in [5.74, 6) is -1.87. The number of aromatic nitrogens is 4. The van der Waals surface area contributed by atoms with Gasteiger partial charge in [0, 0.05) is 25.4 Å². The lowest BCUT2D eigenvalue weighted by Crippen LogP contribution is -2.59. The maximum absolute atomic E-state index is 14.5. The number of likely N-dealkylation sites (tertiary alicyclic amines) is 1. The van der Waals surface area contributed by atoms with Crippen LogP contribution < -0.4 is 19.5 Å². The number of methoxy groups -OCH3 is 2.